The van der Waals surface area contributed by atoms with E-state index in [4.69, 9.17) is 5.73 Å². The van der Waals surface area contributed by atoms with Gasteiger partial charge < -0.3 is 11.1 Å². The maximum absolute atomic E-state index is 12.4. The van der Waals surface area contributed by atoms with Crippen LogP contribution in [0.1, 0.15) is 49.0 Å². The van der Waals surface area contributed by atoms with Crippen molar-refractivity contribution in [3.63, 3.8) is 0 Å². The molecule has 1 amide bonds. The highest BCUT2D eigenvalue weighted by Gasteiger charge is 2.24. The van der Waals surface area contributed by atoms with E-state index >= 15 is 0 Å². The standard InChI is InChI=1S/C19H24N4O2/c20-10-9-15(24)11-13-5-7-14(8-6-13)22-19(25)18-12-21-16-3-1-2-4-17(16)23-18/h1-4,12-14H,5-11,20H2,(H,22,25). The number of hydrogen-bond acceptors (Lipinski definition) is 5. The van der Waals surface area contributed by atoms with E-state index in [1.54, 1.807) is 0 Å². The molecule has 2 aromatic rings. The Morgan fingerprint density at radius 2 is 1.84 bits per heavy atom. The molecule has 132 valence electrons. The van der Waals surface area contributed by atoms with E-state index in [0.717, 1.165) is 36.7 Å². The van der Waals surface area contributed by atoms with Crippen molar-refractivity contribution in [3.8, 4) is 0 Å². The molecule has 6 heteroatoms. The summed E-state index contributed by atoms with van der Waals surface area (Å²) in [7, 11) is 0. The van der Waals surface area contributed by atoms with Crippen LogP contribution in [-0.2, 0) is 4.79 Å². The minimum absolute atomic E-state index is 0.140. The molecule has 6 nitrogen and oxygen atoms in total. The van der Waals surface area contributed by atoms with Crippen molar-refractivity contribution in [2.24, 2.45) is 11.7 Å². The van der Waals surface area contributed by atoms with Gasteiger partial charge in [-0.1, -0.05) is 12.1 Å². The van der Waals surface area contributed by atoms with Gasteiger partial charge in [0.25, 0.3) is 5.91 Å². The second-order valence-electron chi connectivity index (χ2n) is 6.72. The van der Waals surface area contributed by atoms with Gasteiger partial charge >= 0.3 is 0 Å². The smallest absolute Gasteiger partial charge is 0.271 e. The van der Waals surface area contributed by atoms with Crippen LogP contribution in [0.3, 0.4) is 0 Å². The molecule has 0 radical (unpaired) electrons. The average molecular weight is 340 g/mol. The van der Waals surface area contributed by atoms with Crippen LogP contribution >= 0.6 is 0 Å². The fraction of sp³-hybridized carbons (Fsp3) is 0.474. The van der Waals surface area contributed by atoms with Crippen molar-refractivity contribution < 1.29 is 9.59 Å². The molecule has 0 bridgehead atoms. The van der Waals surface area contributed by atoms with Crippen molar-refractivity contribution in [1.29, 1.82) is 0 Å². The van der Waals surface area contributed by atoms with Crippen molar-refractivity contribution in [2.75, 3.05) is 6.54 Å². The van der Waals surface area contributed by atoms with Gasteiger partial charge in [-0.15, -0.1) is 0 Å². The van der Waals surface area contributed by atoms with Crippen molar-refractivity contribution in [2.45, 2.75) is 44.6 Å². The molecule has 0 unspecified atom stereocenters. The normalized spacial score (nSPS) is 20.4. The van der Waals surface area contributed by atoms with E-state index in [9.17, 15) is 9.59 Å². The summed E-state index contributed by atoms with van der Waals surface area (Å²) in [5, 5.41) is 3.05. The zero-order chi connectivity index (χ0) is 17.6. The lowest BCUT2D eigenvalue weighted by Crippen LogP contribution is -2.38. The van der Waals surface area contributed by atoms with Crippen LogP contribution in [0.5, 0.6) is 0 Å². The highest BCUT2D eigenvalue weighted by atomic mass is 16.2. The Kier molecular flexibility index (Phi) is 5.71. The summed E-state index contributed by atoms with van der Waals surface area (Å²) in [6.07, 6.45) is 6.33. The lowest BCUT2D eigenvalue weighted by molar-refractivity contribution is -0.120. The molecule has 0 saturated heterocycles. The van der Waals surface area contributed by atoms with Crippen molar-refractivity contribution in [3.05, 3.63) is 36.2 Å². The fourth-order valence-electron chi connectivity index (χ4n) is 3.42. The molecular formula is C19H24N4O2. The molecule has 0 atom stereocenters. The Hall–Kier alpha value is -2.34. The highest BCUT2D eigenvalue weighted by Crippen LogP contribution is 2.27. The van der Waals surface area contributed by atoms with Gasteiger partial charge in [-0.25, -0.2) is 4.98 Å². The number of ketones is 1. The quantitative estimate of drug-likeness (QED) is 0.840. The molecule has 1 heterocycles. The molecule has 1 saturated carbocycles. The van der Waals surface area contributed by atoms with Crippen molar-refractivity contribution >= 4 is 22.7 Å². The van der Waals surface area contributed by atoms with Gasteiger partial charge in [-0.3, -0.25) is 14.6 Å². The lowest BCUT2D eigenvalue weighted by Gasteiger charge is -2.28. The number of aromatic nitrogens is 2. The third kappa shape index (κ3) is 4.60. The van der Waals surface area contributed by atoms with Crippen LogP contribution in [-0.4, -0.2) is 34.2 Å². The van der Waals surface area contributed by atoms with E-state index in [2.05, 4.69) is 15.3 Å². The number of nitrogens with zero attached hydrogens (tertiary/aromatic N) is 2. The first kappa shape index (κ1) is 17.5. The Bertz CT molecular complexity index is 754. The summed E-state index contributed by atoms with van der Waals surface area (Å²) in [6.45, 7) is 0.428. The Labute approximate surface area is 147 Å². The van der Waals surface area contributed by atoms with Crippen molar-refractivity contribution in [1.82, 2.24) is 15.3 Å². The number of amides is 1. The summed E-state index contributed by atoms with van der Waals surface area (Å²) in [6, 6.07) is 7.64. The molecule has 1 aromatic carbocycles. The maximum atomic E-state index is 12.4. The average Bonchev–Trinajstić information content (AvgIpc) is 2.63. The Morgan fingerprint density at radius 1 is 1.12 bits per heavy atom. The molecule has 1 aromatic heterocycles. The summed E-state index contributed by atoms with van der Waals surface area (Å²) < 4.78 is 0. The SMILES string of the molecule is NCCC(=O)CC1CCC(NC(=O)c2cnc3ccccc3n2)CC1. The van der Waals surface area contributed by atoms with Gasteiger partial charge in [0, 0.05) is 18.9 Å². The predicted molar refractivity (Wildman–Crippen MR) is 96.0 cm³/mol. The van der Waals surface area contributed by atoms with E-state index in [1.807, 2.05) is 24.3 Å². The number of Topliss-reactive ketones (excluding diaryl/α,β-unsaturated/α-hetero) is 1. The summed E-state index contributed by atoms with van der Waals surface area (Å²) >= 11 is 0. The molecule has 3 rings (SSSR count). The Balaban J connectivity index is 1.52. The van der Waals surface area contributed by atoms with E-state index < -0.39 is 0 Å². The van der Waals surface area contributed by atoms with Gasteiger partial charge in [-0.2, -0.15) is 0 Å². The molecule has 0 spiro atoms. The molecule has 25 heavy (non-hydrogen) atoms. The van der Waals surface area contributed by atoms with E-state index in [1.165, 1.54) is 6.20 Å². The number of nitrogens with one attached hydrogen (secondary N) is 1. The largest absolute Gasteiger partial charge is 0.348 e. The first-order valence-corrected chi connectivity index (χ1v) is 8.90. The van der Waals surface area contributed by atoms with Crippen LogP contribution in [0, 0.1) is 5.92 Å². The van der Waals surface area contributed by atoms with Crippen LogP contribution in [0.4, 0.5) is 0 Å². The van der Waals surface area contributed by atoms with Gasteiger partial charge in [0.2, 0.25) is 0 Å². The third-order valence-electron chi connectivity index (χ3n) is 4.80. The second-order valence-corrected chi connectivity index (χ2v) is 6.72. The van der Waals surface area contributed by atoms with Gasteiger partial charge in [0.15, 0.2) is 0 Å². The molecular weight excluding hydrogens is 316 g/mol. The zero-order valence-electron chi connectivity index (χ0n) is 14.3. The summed E-state index contributed by atoms with van der Waals surface area (Å²) in [4.78, 5) is 32.8. The summed E-state index contributed by atoms with van der Waals surface area (Å²) in [5.41, 5.74) is 7.27. The zero-order valence-corrected chi connectivity index (χ0v) is 14.3. The molecule has 0 aliphatic heterocycles. The third-order valence-corrected chi connectivity index (χ3v) is 4.80. The van der Waals surface area contributed by atoms with Crippen LogP contribution in [0.2, 0.25) is 0 Å². The number of carbonyl (C=O) groups is 2. The number of nitrogens with two attached hydrogens (primary N) is 1. The number of rotatable bonds is 6. The number of hydrogen-bond donors (Lipinski definition) is 2. The van der Waals surface area contributed by atoms with Gasteiger partial charge in [0.05, 0.1) is 17.2 Å². The van der Waals surface area contributed by atoms with E-state index in [0.29, 0.717) is 31.0 Å². The number of benzene rings is 1. The van der Waals surface area contributed by atoms with E-state index in [-0.39, 0.29) is 17.7 Å². The van der Waals surface area contributed by atoms with Gasteiger partial charge in [-0.05, 0) is 50.3 Å². The fourth-order valence-corrected chi connectivity index (χ4v) is 3.42. The molecule has 1 aliphatic rings. The maximum Gasteiger partial charge on any atom is 0.271 e. The Morgan fingerprint density at radius 3 is 2.56 bits per heavy atom. The number of para-hydroxylation sites is 2. The van der Waals surface area contributed by atoms with Gasteiger partial charge in [0.1, 0.15) is 11.5 Å². The minimum Gasteiger partial charge on any atom is -0.348 e. The highest BCUT2D eigenvalue weighted by molar-refractivity contribution is 5.93. The van der Waals surface area contributed by atoms with Crippen LogP contribution in [0.25, 0.3) is 11.0 Å². The lowest BCUT2D eigenvalue weighted by atomic mass is 9.83. The number of carbonyl (C=O) groups excluding carboxylic acids is 2. The molecule has 3 N–H and O–H groups in total. The topological polar surface area (TPSA) is 98.0 Å². The van der Waals surface area contributed by atoms with Crippen LogP contribution in [0.15, 0.2) is 30.5 Å². The number of fused-ring (bicyclic) bond motifs is 1. The minimum atomic E-state index is -0.180. The first-order chi connectivity index (χ1) is 12.2. The molecule has 1 aliphatic carbocycles. The monoisotopic (exact) mass is 340 g/mol. The predicted octanol–water partition coefficient (Wildman–Crippen LogP) is 2.23. The van der Waals surface area contributed by atoms with Crippen LogP contribution < -0.4 is 11.1 Å². The molecule has 1 fully saturated rings. The first-order valence-electron chi connectivity index (χ1n) is 8.90. The second kappa shape index (κ2) is 8.16. The summed E-state index contributed by atoms with van der Waals surface area (Å²) in [5.74, 6) is 0.495.